The molecule has 0 atom stereocenters. The van der Waals surface area contributed by atoms with E-state index in [2.05, 4.69) is 0 Å². The fraction of sp³-hybridized carbons (Fsp3) is 0.250. The number of nitriles is 3. The zero-order chi connectivity index (χ0) is 16.7. The highest BCUT2D eigenvalue weighted by molar-refractivity contribution is 5.88. The second-order valence-corrected chi connectivity index (χ2v) is 4.80. The molecule has 0 saturated heterocycles. The second-order valence-electron chi connectivity index (χ2n) is 4.80. The number of aromatic hydroxyl groups is 1. The Morgan fingerprint density at radius 1 is 1.27 bits per heavy atom. The molecule has 110 valence electrons. The van der Waals surface area contributed by atoms with Crippen LogP contribution in [0.3, 0.4) is 0 Å². The van der Waals surface area contributed by atoms with Crippen molar-refractivity contribution >= 4 is 12.0 Å². The molecule has 0 radical (unpaired) electrons. The molecule has 1 aromatic carbocycles. The summed E-state index contributed by atoms with van der Waals surface area (Å²) in [6.07, 6.45) is 2.33. The van der Waals surface area contributed by atoms with E-state index in [1.807, 2.05) is 13.8 Å². The summed E-state index contributed by atoms with van der Waals surface area (Å²) in [5, 5.41) is 36.9. The van der Waals surface area contributed by atoms with Crippen molar-refractivity contribution in [3.8, 4) is 24.0 Å². The Bertz CT molecular complexity index is 744. The van der Waals surface area contributed by atoms with E-state index >= 15 is 0 Å². The van der Waals surface area contributed by atoms with Gasteiger partial charge in [-0.1, -0.05) is 13.8 Å². The standard InChI is InChI=1S/C16H13N3O3/c1-10(2)9-22-15(20)4-3-11-5-12(6-17)13(7-18)14(8-19)16(11)21/h3-5,10,21H,9H2,1-2H3. The molecule has 1 aromatic rings. The summed E-state index contributed by atoms with van der Waals surface area (Å²) >= 11 is 0. The summed E-state index contributed by atoms with van der Waals surface area (Å²) < 4.78 is 4.93. The van der Waals surface area contributed by atoms with E-state index in [0.29, 0.717) is 0 Å². The Morgan fingerprint density at radius 2 is 1.91 bits per heavy atom. The van der Waals surface area contributed by atoms with Crippen LogP contribution in [-0.4, -0.2) is 17.7 Å². The van der Waals surface area contributed by atoms with Crippen molar-refractivity contribution in [1.82, 2.24) is 0 Å². The number of benzene rings is 1. The van der Waals surface area contributed by atoms with Crippen molar-refractivity contribution in [3.05, 3.63) is 34.4 Å². The number of ether oxygens (including phenoxy) is 1. The summed E-state index contributed by atoms with van der Waals surface area (Å²) in [7, 11) is 0. The Labute approximate surface area is 128 Å². The fourth-order valence-electron chi connectivity index (χ4n) is 1.59. The van der Waals surface area contributed by atoms with Crippen LogP contribution in [0.5, 0.6) is 5.75 Å². The van der Waals surface area contributed by atoms with Crippen LogP contribution in [0.4, 0.5) is 0 Å². The topological polar surface area (TPSA) is 118 Å². The van der Waals surface area contributed by atoms with Gasteiger partial charge < -0.3 is 9.84 Å². The third-order valence-electron chi connectivity index (χ3n) is 2.63. The number of phenols is 1. The van der Waals surface area contributed by atoms with E-state index in [9.17, 15) is 9.90 Å². The molecular formula is C16H13N3O3. The predicted octanol–water partition coefficient (Wildman–Crippen LogP) is 2.22. The van der Waals surface area contributed by atoms with Crippen LogP contribution in [0.25, 0.3) is 6.08 Å². The molecule has 0 spiro atoms. The number of nitrogens with zero attached hydrogens (tertiary/aromatic N) is 3. The zero-order valence-electron chi connectivity index (χ0n) is 12.1. The average molecular weight is 295 g/mol. The fourth-order valence-corrected chi connectivity index (χ4v) is 1.59. The third kappa shape index (κ3) is 3.85. The van der Waals surface area contributed by atoms with Crippen LogP contribution in [0.15, 0.2) is 12.1 Å². The highest BCUT2D eigenvalue weighted by Crippen LogP contribution is 2.29. The van der Waals surface area contributed by atoms with Gasteiger partial charge >= 0.3 is 5.97 Å². The first kappa shape index (κ1) is 16.8. The number of hydrogen-bond acceptors (Lipinski definition) is 6. The Kier molecular flexibility index (Phi) is 5.69. The summed E-state index contributed by atoms with van der Waals surface area (Å²) in [5.41, 5.74) is -0.445. The number of carbonyl (C=O) groups is 1. The summed E-state index contributed by atoms with van der Waals surface area (Å²) in [6.45, 7) is 4.04. The van der Waals surface area contributed by atoms with Gasteiger partial charge in [0.1, 0.15) is 29.5 Å². The van der Waals surface area contributed by atoms with Crippen molar-refractivity contribution < 1.29 is 14.6 Å². The van der Waals surface area contributed by atoms with Crippen molar-refractivity contribution in [2.45, 2.75) is 13.8 Å². The molecule has 22 heavy (non-hydrogen) atoms. The van der Waals surface area contributed by atoms with Crippen LogP contribution in [0, 0.1) is 39.9 Å². The first-order valence-corrected chi connectivity index (χ1v) is 6.39. The van der Waals surface area contributed by atoms with Gasteiger partial charge in [0.25, 0.3) is 0 Å². The molecule has 1 rings (SSSR count). The number of hydrogen-bond donors (Lipinski definition) is 1. The lowest BCUT2D eigenvalue weighted by Crippen LogP contribution is -2.07. The monoisotopic (exact) mass is 295 g/mol. The molecule has 0 unspecified atom stereocenters. The highest BCUT2D eigenvalue weighted by Gasteiger charge is 2.16. The quantitative estimate of drug-likeness (QED) is 0.672. The van der Waals surface area contributed by atoms with Gasteiger partial charge in [0.05, 0.1) is 17.7 Å². The molecular weight excluding hydrogens is 282 g/mol. The molecule has 0 aliphatic heterocycles. The van der Waals surface area contributed by atoms with E-state index < -0.39 is 11.7 Å². The predicted molar refractivity (Wildman–Crippen MR) is 77.1 cm³/mol. The van der Waals surface area contributed by atoms with Gasteiger partial charge in [-0.05, 0) is 18.1 Å². The maximum absolute atomic E-state index is 11.5. The minimum atomic E-state index is -0.602. The molecule has 1 N–H and O–H groups in total. The first-order valence-electron chi connectivity index (χ1n) is 6.39. The normalized spacial score (nSPS) is 10.0. The van der Waals surface area contributed by atoms with E-state index in [1.165, 1.54) is 12.1 Å². The molecule has 6 heteroatoms. The molecule has 0 amide bonds. The molecule has 0 aliphatic rings. The van der Waals surface area contributed by atoms with Gasteiger partial charge in [0, 0.05) is 11.6 Å². The first-order chi connectivity index (χ1) is 10.4. The van der Waals surface area contributed by atoms with Gasteiger partial charge in [0.2, 0.25) is 0 Å². The summed E-state index contributed by atoms with van der Waals surface area (Å²) in [4.78, 5) is 11.5. The number of phenolic OH excluding ortho intramolecular Hbond substituents is 1. The van der Waals surface area contributed by atoms with Gasteiger partial charge in [-0.2, -0.15) is 15.8 Å². The lowest BCUT2D eigenvalue weighted by Gasteiger charge is -2.06. The number of rotatable bonds is 4. The summed E-state index contributed by atoms with van der Waals surface area (Å²) in [6, 6.07) is 6.41. The van der Waals surface area contributed by atoms with Crippen LogP contribution in [0.2, 0.25) is 0 Å². The SMILES string of the molecule is CC(C)COC(=O)C=Cc1cc(C#N)c(C#N)c(C#N)c1O. The van der Waals surface area contributed by atoms with Crippen molar-refractivity contribution in [2.24, 2.45) is 5.92 Å². The molecule has 0 aromatic heterocycles. The smallest absolute Gasteiger partial charge is 0.330 e. The average Bonchev–Trinajstić information content (AvgIpc) is 2.50. The summed E-state index contributed by atoms with van der Waals surface area (Å²) in [5.74, 6) is -0.864. The Hall–Kier alpha value is -3.30. The minimum absolute atomic E-state index is 0.0490. The van der Waals surface area contributed by atoms with E-state index in [-0.39, 0.29) is 34.8 Å². The molecule has 0 fully saturated rings. The largest absolute Gasteiger partial charge is 0.506 e. The molecule has 0 bridgehead atoms. The Balaban J connectivity index is 3.18. The molecule has 0 saturated carbocycles. The lowest BCUT2D eigenvalue weighted by atomic mass is 9.98. The van der Waals surface area contributed by atoms with E-state index in [0.717, 1.165) is 6.08 Å². The molecule has 0 heterocycles. The van der Waals surface area contributed by atoms with Gasteiger partial charge in [-0.25, -0.2) is 4.79 Å². The lowest BCUT2D eigenvalue weighted by molar-refractivity contribution is -0.138. The third-order valence-corrected chi connectivity index (χ3v) is 2.63. The minimum Gasteiger partial charge on any atom is -0.506 e. The van der Waals surface area contributed by atoms with Crippen molar-refractivity contribution in [3.63, 3.8) is 0 Å². The van der Waals surface area contributed by atoms with Gasteiger partial charge in [-0.3, -0.25) is 0 Å². The van der Waals surface area contributed by atoms with Gasteiger partial charge in [0.15, 0.2) is 0 Å². The molecule has 0 aliphatic carbocycles. The maximum Gasteiger partial charge on any atom is 0.330 e. The van der Waals surface area contributed by atoms with E-state index in [4.69, 9.17) is 20.5 Å². The van der Waals surface area contributed by atoms with Gasteiger partial charge in [-0.15, -0.1) is 0 Å². The number of carbonyl (C=O) groups excluding carboxylic acids is 1. The van der Waals surface area contributed by atoms with E-state index in [1.54, 1.807) is 18.2 Å². The maximum atomic E-state index is 11.5. The number of esters is 1. The van der Waals surface area contributed by atoms with Crippen LogP contribution >= 0.6 is 0 Å². The van der Waals surface area contributed by atoms with Crippen molar-refractivity contribution in [2.75, 3.05) is 6.61 Å². The zero-order valence-corrected chi connectivity index (χ0v) is 12.1. The second kappa shape index (κ2) is 7.47. The van der Waals surface area contributed by atoms with Crippen LogP contribution < -0.4 is 0 Å². The highest BCUT2D eigenvalue weighted by atomic mass is 16.5. The van der Waals surface area contributed by atoms with Crippen LogP contribution in [0.1, 0.15) is 36.1 Å². The van der Waals surface area contributed by atoms with Crippen molar-refractivity contribution in [1.29, 1.82) is 15.8 Å². The molecule has 6 nitrogen and oxygen atoms in total. The Morgan fingerprint density at radius 3 is 2.41 bits per heavy atom. The van der Waals surface area contributed by atoms with Crippen LogP contribution in [-0.2, 0) is 9.53 Å².